The normalized spacial score (nSPS) is 16.8. The third-order valence-electron chi connectivity index (χ3n) is 4.32. The molecule has 112 valence electrons. The number of halogens is 2. The van der Waals surface area contributed by atoms with Gasteiger partial charge in [0.1, 0.15) is 0 Å². The number of hydrogen-bond donors (Lipinski definition) is 1. The highest BCUT2D eigenvalue weighted by atomic mass is 35.5. The molecule has 5 heteroatoms. The van der Waals surface area contributed by atoms with E-state index in [0.29, 0.717) is 0 Å². The van der Waals surface area contributed by atoms with Crippen molar-refractivity contribution >= 4 is 23.2 Å². The summed E-state index contributed by atoms with van der Waals surface area (Å²) in [6.45, 7) is 6.78. The van der Waals surface area contributed by atoms with Crippen LogP contribution >= 0.6 is 23.2 Å². The molecule has 21 heavy (non-hydrogen) atoms. The molecule has 3 rings (SSSR count). The van der Waals surface area contributed by atoms with E-state index in [4.69, 9.17) is 23.2 Å². The summed E-state index contributed by atoms with van der Waals surface area (Å²) < 4.78 is 2.02. The van der Waals surface area contributed by atoms with Crippen LogP contribution in [-0.2, 0) is 18.4 Å². The number of rotatable bonds is 4. The third-order valence-corrected chi connectivity index (χ3v) is 5.05. The minimum absolute atomic E-state index is 0.0634. The van der Waals surface area contributed by atoms with Crippen molar-refractivity contribution in [1.29, 1.82) is 0 Å². The predicted octanol–water partition coefficient (Wildman–Crippen LogP) is 3.60. The fourth-order valence-electron chi connectivity index (χ4n) is 3.03. The monoisotopic (exact) mass is 323 g/mol. The zero-order chi connectivity index (χ0) is 15.0. The van der Waals surface area contributed by atoms with E-state index >= 15 is 0 Å². The SMILES string of the molecule is CCn1nc(C)c(Cl)c1CC1(c2cccc(Cl)c2)CNC1. The summed E-state index contributed by atoms with van der Waals surface area (Å²) >= 11 is 12.6. The van der Waals surface area contributed by atoms with E-state index in [1.165, 1.54) is 5.56 Å². The van der Waals surface area contributed by atoms with E-state index in [2.05, 4.69) is 29.5 Å². The maximum absolute atomic E-state index is 6.47. The fourth-order valence-corrected chi connectivity index (χ4v) is 3.43. The first kappa shape index (κ1) is 14.9. The molecule has 0 atom stereocenters. The smallest absolute Gasteiger partial charge is 0.0847 e. The molecule has 0 saturated carbocycles. The van der Waals surface area contributed by atoms with Crippen LogP contribution in [0.25, 0.3) is 0 Å². The average molecular weight is 324 g/mol. The number of nitrogens with zero attached hydrogens (tertiary/aromatic N) is 2. The van der Waals surface area contributed by atoms with E-state index in [0.717, 1.165) is 47.5 Å². The van der Waals surface area contributed by atoms with Crippen molar-refractivity contribution in [3.05, 3.63) is 51.3 Å². The second-order valence-electron chi connectivity index (χ2n) is 5.73. The van der Waals surface area contributed by atoms with Gasteiger partial charge in [0, 0.05) is 36.5 Å². The van der Waals surface area contributed by atoms with Crippen molar-refractivity contribution in [3.63, 3.8) is 0 Å². The molecule has 3 nitrogen and oxygen atoms in total. The minimum atomic E-state index is 0.0634. The summed E-state index contributed by atoms with van der Waals surface area (Å²) in [5, 5.41) is 9.49. The highest BCUT2D eigenvalue weighted by Gasteiger charge is 2.40. The highest BCUT2D eigenvalue weighted by molar-refractivity contribution is 6.32. The summed E-state index contributed by atoms with van der Waals surface area (Å²) in [5.41, 5.74) is 3.36. The van der Waals surface area contributed by atoms with Crippen molar-refractivity contribution in [2.24, 2.45) is 0 Å². The van der Waals surface area contributed by atoms with Crippen LogP contribution in [0.5, 0.6) is 0 Å². The van der Waals surface area contributed by atoms with Crippen molar-refractivity contribution in [3.8, 4) is 0 Å². The topological polar surface area (TPSA) is 29.9 Å². The van der Waals surface area contributed by atoms with Crippen molar-refractivity contribution in [1.82, 2.24) is 15.1 Å². The lowest BCUT2D eigenvalue weighted by molar-refractivity contribution is 0.269. The number of nitrogens with one attached hydrogen (secondary N) is 1. The zero-order valence-corrected chi connectivity index (χ0v) is 13.8. The Morgan fingerprint density at radius 3 is 2.67 bits per heavy atom. The summed E-state index contributed by atoms with van der Waals surface area (Å²) in [7, 11) is 0. The van der Waals surface area contributed by atoms with Crippen LogP contribution in [0, 0.1) is 6.92 Å². The Hall–Kier alpha value is -1.03. The molecule has 0 amide bonds. The lowest BCUT2D eigenvalue weighted by Gasteiger charge is -2.43. The number of benzene rings is 1. The van der Waals surface area contributed by atoms with E-state index in [1.807, 2.05) is 23.7 Å². The van der Waals surface area contributed by atoms with Crippen molar-refractivity contribution in [2.45, 2.75) is 32.2 Å². The quantitative estimate of drug-likeness (QED) is 0.931. The van der Waals surface area contributed by atoms with Crippen LogP contribution in [0.4, 0.5) is 0 Å². The van der Waals surface area contributed by atoms with Gasteiger partial charge in [-0.2, -0.15) is 5.10 Å². The molecular formula is C16H19Cl2N3. The van der Waals surface area contributed by atoms with Crippen molar-refractivity contribution in [2.75, 3.05) is 13.1 Å². The van der Waals surface area contributed by atoms with Crippen LogP contribution in [0.2, 0.25) is 10.0 Å². The summed E-state index contributed by atoms with van der Waals surface area (Å²) in [6.07, 6.45) is 0.883. The van der Waals surface area contributed by atoms with Crippen LogP contribution < -0.4 is 5.32 Å². The molecule has 1 aliphatic heterocycles. The average Bonchev–Trinajstić information content (AvgIpc) is 2.69. The minimum Gasteiger partial charge on any atom is -0.315 e. The van der Waals surface area contributed by atoms with Crippen molar-refractivity contribution < 1.29 is 0 Å². The van der Waals surface area contributed by atoms with Gasteiger partial charge in [0.05, 0.1) is 16.4 Å². The maximum atomic E-state index is 6.47. The number of hydrogen-bond acceptors (Lipinski definition) is 2. The predicted molar refractivity (Wildman–Crippen MR) is 87.4 cm³/mol. The first-order valence-corrected chi connectivity index (χ1v) is 8.00. The van der Waals surface area contributed by atoms with E-state index < -0.39 is 0 Å². The second kappa shape index (κ2) is 5.64. The Balaban J connectivity index is 1.99. The molecule has 2 heterocycles. The summed E-state index contributed by atoms with van der Waals surface area (Å²) in [6, 6.07) is 8.15. The third kappa shape index (κ3) is 2.59. The standard InChI is InChI=1S/C16H19Cl2N3/c1-3-21-14(15(18)11(2)20-21)8-16(9-19-10-16)12-5-4-6-13(17)7-12/h4-7,19H,3,8-10H2,1-2H3. The van der Waals surface area contributed by atoms with Gasteiger partial charge >= 0.3 is 0 Å². The van der Waals surface area contributed by atoms with E-state index in [1.54, 1.807) is 0 Å². The molecule has 1 fully saturated rings. The molecule has 0 aliphatic carbocycles. The van der Waals surface area contributed by atoms with Gasteiger partial charge in [0.15, 0.2) is 0 Å². The van der Waals surface area contributed by atoms with Gasteiger partial charge in [-0.15, -0.1) is 0 Å². The van der Waals surface area contributed by atoms with Gasteiger partial charge in [-0.1, -0.05) is 35.3 Å². The fraction of sp³-hybridized carbons (Fsp3) is 0.438. The molecule has 0 bridgehead atoms. The molecule has 1 aromatic carbocycles. The Morgan fingerprint density at radius 2 is 2.10 bits per heavy atom. The maximum Gasteiger partial charge on any atom is 0.0847 e. The van der Waals surface area contributed by atoms with Gasteiger partial charge in [-0.25, -0.2) is 0 Å². The Morgan fingerprint density at radius 1 is 1.33 bits per heavy atom. The van der Waals surface area contributed by atoms with Gasteiger partial charge in [-0.3, -0.25) is 4.68 Å². The largest absolute Gasteiger partial charge is 0.315 e. The second-order valence-corrected chi connectivity index (χ2v) is 6.55. The summed E-state index contributed by atoms with van der Waals surface area (Å²) in [5.74, 6) is 0. The number of aryl methyl sites for hydroxylation is 2. The van der Waals surface area contributed by atoms with Crippen LogP contribution in [0.1, 0.15) is 23.9 Å². The lowest BCUT2D eigenvalue weighted by Crippen LogP contribution is -2.58. The molecule has 1 N–H and O–H groups in total. The Labute approximate surface area is 135 Å². The molecule has 1 saturated heterocycles. The zero-order valence-electron chi connectivity index (χ0n) is 12.3. The van der Waals surface area contributed by atoms with Crippen LogP contribution in [0.3, 0.4) is 0 Å². The Bertz CT molecular complexity index is 660. The first-order chi connectivity index (χ1) is 10.1. The van der Waals surface area contributed by atoms with Gasteiger partial charge in [0.2, 0.25) is 0 Å². The summed E-state index contributed by atoms with van der Waals surface area (Å²) in [4.78, 5) is 0. The van der Waals surface area contributed by atoms with Gasteiger partial charge < -0.3 is 5.32 Å². The first-order valence-electron chi connectivity index (χ1n) is 7.24. The molecule has 0 unspecified atom stereocenters. The molecule has 0 radical (unpaired) electrons. The lowest BCUT2D eigenvalue weighted by atomic mass is 9.72. The Kier molecular flexibility index (Phi) is 4.00. The van der Waals surface area contributed by atoms with E-state index in [9.17, 15) is 0 Å². The molecular weight excluding hydrogens is 305 g/mol. The number of aromatic nitrogens is 2. The molecule has 1 aromatic heterocycles. The van der Waals surface area contributed by atoms with E-state index in [-0.39, 0.29) is 5.41 Å². The molecule has 2 aromatic rings. The van der Waals surface area contributed by atoms with Gasteiger partial charge in [0.25, 0.3) is 0 Å². The molecule has 0 spiro atoms. The highest BCUT2D eigenvalue weighted by Crippen LogP contribution is 2.36. The molecule has 1 aliphatic rings. The van der Waals surface area contributed by atoms with Crippen LogP contribution in [0.15, 0.2) is 24.3 Å². The van der Waals surface area contributed by atoms with Gasteiger partial charge in [-0.05, 0) is 31.5 Å². The van der Waals surface area contributed by atoms with Crippen LogP contribution in [-0.4, -0.2) is 22.9 Å².